The van der Waals surface area contributed by atoms with Crippen LogP contribution in [0.5, 0.6) is 0 Å². The third-order valence-corrected chi connectivity index (χ3v) is 6.05. The lowest BCUT2D eigenvalue weighted by Crippen LogP contribution is -2.49. The Morgan fingerprint density at radius 2 is 2.03 bits per heavy atom. The summed E-state index contributed by atoms with van der Waals surface area (Å²) in [6.45, 7) is 2.14. The number of oxazole rings is 1. The predicted octanol–water partition coefficient (Wildman–Crippen LogP) is 3.22. The lowest BCUT2D eigenvalue weighted by molar-refractivity contribution is -0.130. The number of carbonyl (C=O) groups is 1. The van der Waals surface area contributed by atoms with Gasteiger partial charge < -0.3 is 18.6 Å². The fourth-order valence-electron chi connectivity index (χ4n) is 3.53. The Balaban J connectivity index is 1.21. The summed E-state index contributed by atoms with van der Waals surface area (Å²) in [5, 5.41) is 12.2. The van der Waals surface area contributed by atoms with Gasteiger partial charge in [-0.25, -0.2) is 4.98 Å². The topological polar surface area (TPSA) is 112 Å². The second-order valence-electron chi connectivity index (χ2n) is 7.17. The van der Waals surface area contributed by atoms with E-state index >= 15 is 0 Å². The van der Waals surface area contributed by atoms with Crippen molar-refractivity contribution in [3.63, 3.8) is 0 Å². The fourth-order valence-corrected chi connectivity index (χ4v) is 4.32. The SMILES string of the molecule is N#Cc1nc(-c2ccco2)oc1N1CCN(C(=O)Cc2csc(-c3ccccn3)n2)CC1. The van der Waals surface area contributed by atoms with Crippen LogP contribution in [0.4, 0.5) is 5.88 Å². The maximum atomic E-state index is 12.8. The average Bonchev–Trinajstić information content (AvgIpc) is 3.60. The van der Waals surface area contributed by atoms with Crippen LogP contribution < -0.4 is 4.90 Å². The van der Waals surface area contributed by atoms with Gasteiger partial charge in [0.2, 0.25) is 17.5 Å². The Morgan fingerprint density at radius 1 is 1.16 bits per heavy atom. The van der Waals surface area contributed by atoms with Gasteiger partial charge in [-0.1, -0.05) is 6.07 Å². The number of hydrogen-bond acceptors (Lipinski definition) is 9. The molecule has 0 spiro atoms. The highest BCUT2D eigenvalue weighted by Crippen LogP contribution is 2.29. The molecule has 0 aliphatic carbocycles. The molecular weight excluding hydrogens is 428 g/mol. The first-order chi connectivity index (χ1) is 15.7. The standard InChI is InChI=1S/C22H18N6O3S/c23-13-17-22(31-20(26-17)18-5-3-11-30-18)28-9-7-27(8-10-28)19(29)12-15-14-32-21(25-15)16-4-1-2-6-24-16/h1-6,11,14H,7-10,12H2. The lowest BCUT2D eigenvalue weighted by Gasteiger charge is -2.34. The van der Waals surface area contributed by atoms with Crippen molar-refractivity contribution in [2.75, 3.05) is 31.1 Å². The summed E-state index contributed by atoms with van der Waals surface area (Å²) in [7, 11) is 0. The van der Waals surface area contributed by atoms with Crippen LogP contribution >= 0.6 is 11.3 Å². The minimum Gasteiger partial charge on any atom is -0.459 e. The number of carbonyl (C=O) groups excluding carboxylic acids is 1. The molecule has 1 fully saturated rings. The number of amides is 1. The van der Waals surface area contributed by atoms with Crippen LogP contribution in [-0.2, 0) is 11.2 Å². The van der Waals surface area contributed by atoms with E-state index < -0.39 is 0 Å². The third-order valence-electron chi connectivity index (χ3n) is 5.13. The maximum Gasteiger partial charge on any atom is 0.266 e. The first-order valence-corrected chi connectivity index (χ1v) is 10.9. The first kappa shape index (κ1) is 20.0. The van der Waals surface area contributed by atoms with E-state index in [0.29, 0.717) is 37.8 Å². The molecule has 5 heterocycles. The molecule has 0 atom stereocenters. The largest absolute Gasteiger partial charge is 0.459 e. The van der Waals surface area contributed by atoms with Crippen molar-refractivity contribution in [2.24, 2.45) is 0 Å². The van der Waals surface area contributed by atoms with Gasteiger partial charge in [-0.05, 0) is 24.3 Å². The van der Waals surface area contributed by atoms with Crippen LogP contribution in [0.25, 0.3) is 22.4 Å². The van der Waals surface area contributed by atoms with Crippen LogP contribution in [0.1, 0.15) is 11.4 Å². The van der Waals surface area contributed by atoms with Gasteiger partial charge in [-0.3, -0.25) is 9.78 Å². The third kappa shape index (κ3) is 3.98. The van der Waals surface area contributed by atoms with Crippen molar-refractivity contribution in [3.8, 4) is 28.4 Å². The predicted molar refractivity (Wildman–Crippen MR) is 117 cm³/mol. The molecule has 32 heavy (non-hydrogen) atoms. The average molecular weight is 446 g/mol. The van der Waals surface area contributed by atoms with E-state index in [4.69, 9.17) is 8.83 Å². The van der Waals surface area contributed by atoms with E-state index in [2.05, 4.69) is 21.0 Å². The molecule has 0 aromatic carbocycles. The number of thiazole rings is 1. The molecule has 0 N–H and O–H groups in total. The molecule has 1 aliphatic heterocycles. The van der Waals surface area contributed by atoms with E-state index in [1.807, 2.05) is 33.4 Å². The van der Waals surface area contributed by atoms with Crippen molar-refractivity contribution in [3.05, 3.63) is 59.6 Å². The Morgan fingerprint density at radius 3 is 2.75 bits per heavy atom. The van der Waals surface area contributed by atoms with E-state index in [-0.39, 0.29) is 23.9 Å². The summed E-state index contributed by atoms with van der Waals surface area (Å²) in [6.07, 6.45) is 3.50. The fraction of sp³-hybridized carbons (Fsp3) is 0.227. The van der Waals surface area contributed by atoms with E-state index in [0.717, 1.165) is 16.4 Å². The Kier molecular flexibility index (Phi) is 5.39. The summed E-state index contributed by atoms with van der Waals surface area (Å²) < 4.78 is 11.1. The molecule has 1 saturated heterocycles. The van der Waals surface area contributed by atoms with Crippen LogP contribution in [0.2, 0.25) is 0 Å². The Hall–Kier alpha value is -3.97. The number of anilines is 1. The number of furan rings is 1. The monoisotopic (exact) mass is 446 g/mol. The highest BCUT2D eigenvalue weighted by atomic mass is 32.1. The summed E-state index contributed by atoms with van der Waals surface area (Å²) >= 11 is 1.48. The van der Waals surface area contributed by atoms with Crippen LogP contribution in [0.15, 0.2) is 57.0 Å². The van der Waals surface area contributed by atoms with Gasteiger partial charge in [0.25, 0.3) is 5.89 Å². The van der Waals surface area contributed by atoms with Crippen molar-refractivity contribution < 1.29 is 13.6 Å². The smallest absolute Gasteiger partial charge is 0.266 e. The van der Waals surface area contributed by atoms with E-state index in [1.54, 1.807) is 18.3 Å². The van der Waals surface area contributed by atoms with Gasteiger partial charge in [-0.15, -0.1) is 11.3 Å². The molecule has 1 amide bonds. The second-order valence-corrected chi connectivity index (χ2v) is 8.02. The number of hydrogen-bond donors (Lipinski definition) is 0. The second kappa shape index (κ2) is 8.64. The van der Waals surface area contributed by atoms with Gasteiger partial charge in [0.15, 0.2) is 5.76 Å². The number of nitriles is 1. The number of rotatable bonds is 5. The molecule has 1 aliphatic rings. The Labute approximate surface area is 187 Å². The number of pyridine rings is 1. The van der Waals surface area contributed by atoms with Crippen molar-refractivity contribution in [1.29, 1.82) is 5.26 Å². The van der Waals surface area contributed by atoms with E-state index in [1.165, 1.54) is 17.6 Å². The normalized spacial score (nSPS) is 13.8. The zero-order valence-corrected chi connectivity index (χ0v) is 17.8. The van der Waals surface area contributed by atoms with Crippen molar-refractivity contribution in [2.45, 2.75) is 6.42 Å². The first-order valence-electron chi connectivity index (χ1n) is 10.0. The van der Waals surface area contributed by atoms with Crippen LogP contribution in [-0.4, -0.2) is 51.9 Å². The lowest BCUT2D eigenvalue weighted by atomic mass is 10.2. The molecule has 0 bridgehead atoms. The van der Waals surface area contributed by atoms with Crippen LogP contribution in [0, 0.1) is 11.3 Å². The molecule has 4 aromatic rings. The highest BCUT2D eigenvalue weighted by Gasteiger charge is 2.27. The molecule has 9 nitrogen and oxygen atoms in total. The molecule has 0 radical (unpaired) electrons. The van der Waals surface area contributed by atoms with Crippen molar-refractivity contribution in [1.82, 2.24) is 19.9 Å². The van der Waals surface area contributed by atoms with Gasteiger partial charge in [0.05, 0.1) is 24.1 Å². The highest BCUT2D eigenvalue weighted by molar-refractivity contribution is 7.13. The quantitative estimate of drug-likeness (QED) is 0.459. The molecule has 0 saturated carbocycles. The zero-order chi connectivity index (χ0) is 21.9. The van der Waals surface area contributed by atoms with E-state index in [9.17, 15) is 10.1 Å². The number of aromatic nitrogens is 3. The summed E-state index contributed by atoms with van der Waals surface area (Å²) in [5.74, 6) is 1.17. The summed E-state index contributed by atoms with van der Waals surface area (Å²) in [4.78, 5) is 29.6. The number of piperazine rings is 1. The number of nitrogens with zero attached hydrogens (tertiary/aromatic N) is 6. The van der Waals surface area contributed by atoms with Crippen LogP contribution in [0.3, 0.4) is 0 Å². The zero-order valence-electron chi connectivity index (χ0n) is 17.0. The molecule has 160 valence electrons. The van der Waals surface area contributed by atoms with Gasteiger partial charge in [-0.2, -0.15) is 10.2 Å². The molecule has 10 heteroatoms. The van der Waals surface area contributed by atoms with Gasteiger partial charge >= 0.3 is 0 Å². The molecular formula is C22H18N6O3S. The maximum absolute atomic E-state index is 12.8. The molecule has 5 rings (SSSR count). The van der Waals surface area contributed by atoms with Gasteiger partial charge in [0, 0.05) is 37.8 Å². The molecule has 0 unspecified atom stereocenters. The Bertz CT molecular complexity index is 1250. The molecule has 4 aromatic heterocycles. The summed E-state index contributed by atoms with van der Waals surface area (Å²) in [5.41, 5.74) is 1.76. The summed E-state index contributed by atoms with van der Waals surface area (Å²) in [6, 6.07) is 11.2. The van der Waals surface area contributed by atoms with Gasteiger partial charge in [0.1, 0.15) is 11.1 Å². The minimum atomic E-state index is 0.0249. The van der Waals surface area contributed by atoms with Crippen molar-refractivity contribution >= 4 is 23.1 Å². The minimum absolute atomic E-state index is 0.0249.